The summed E-state index contributed by atoms with van der Waals surface area (Å²) in [7, 11) is -2.97. The highest BCUT2D eigenvalue weighted by atomic mass is 32.2. The Kier molecular flexibility index (Phi) is 2.84. The summed E-state index contributed by atoms with van der Waals surface area (Å²) >= 11 is 0. The minimum absolute atomic E-state index is 0.130. The Morgan fingerprint density at radius 3 is 2.93 bits per heavy atom. The molecule has 0 radical (unpaired) electrons. The first-order chi connectivity index (χ1) is 7.07. The summed E-state index contributed by atoms with van der Waals surface area (Å²) in [6.07, 6.45) is 1.57. The quantitative estimate of drug-likeness (QED) is 0.779. The molecule has 0 aliphatic carbocycles. The summed E-state index contributed by atoms with van der Waals surface area (Å²) in [4.78, 5) is 0. The third kappa shape index (κ3) is 2.60. The lowest BCUT2D eigenvalue weighted by molar-refractivity contribution is 0.422. The number of nitrogens with one attached hydrogen (secondary N) is 1. The summed E-state index contributed by atoms with van der Waals surface area (Å²) in [5, 5.41) is 3.22. The van der Waals surface area contributed by atoms with Crippen molar-refractivity contribution < 1.29 is 12.8 Å². The molecule has 0 aromatic carbocycles. The monoisotopic (exact) mass is 229 g/mol. The zero-order valence-corrected chi connectivity index (χ0v) is 9.46. The fourth-order valence-corrected chi connectivity index (χ4v) is 3.80. The minimum atomic E-state index is -2.97. The average molecular weight is 229 g/mol. The van der Waals surface area contributed by atoms with Crippen LogP contribution in [0.25, 0.3) is 0 Å². The largest absolute Gasteiger partial charge is 0.468 e. The lowest BCUT2D eigenvalue weighted by atomic mass is 10.2. The van der Waals surface area contributed by atoms with Crippen molar-refractivity contribution in [1.82, 2.24) is 5.32 Å². The van der Waals surface area contributed by atoms with E-state index in [4.69, 9.17) is 4.42 Å². The van der Waals surface area contributed by atoms with E-state index in [0.29, 0.717) is 12.3 Å². The zero-order valence-electron chi connectivity index (χ0n) is 8.64. The van der Waals surface area contributed by atoms with Crippen LogP contribution in [0.2, 0.25) is 0 Å². The molecular formula is C10H15NO3S. The molecule has 5 heteroatoms. The van der Waals surface area contributed by atoms with Crippen LogP contribution in [0.15, 0.2) is 22.8 Å². The van der Waals surface area contributed by atoms with Crippen molar-refractivity contribution in [2.75, 3.05) is 18.1 Å². The van der Waals surface area contributed by atoms with Crippen LogP contribution in [-0.2, 0) is 9.84 Å². The van der Waals surface area contributed by atoms with Gasteiger partial charge in [0.1, 0.15) is 5.76 Å². The molecule has 0 amide bonds. The van der Waals surface area contributed by atoms with Gasteiger partial charge in [0.25, 0.3) is 0 Å². The third-order valence-electron chi connectivity index (χ3n) is 2.56. The fourth-order valence-electron chi connectivity index (χ4n) is 1.89. The molecule has 1 saturated heterocycles. The molecule has 2 atom stereocenters. The van der Waals surface area contributed by atoms with Crippen LogP contribution in [0.5, 0.6) is 0 Å². The molecule has 1 aromatic heterocycles. The van der Waals surface area contributed by atoms with Gasteiger partial charge in [0.15, 0.2) is 9.84 Å². The van der Waals surface area contributed by atoms with E-state index in [-0.39, 0.29) is 23.5 Å². The predicted octanol–water partition coefficient (Wildman–Crippen LogP) is 0.975. The van der Waals surface area contributed by atoms with Crippen LogP contribution < -0.4 is 5.32 Å². The van der Waals surface area contributed by atoms with Gasteiger partial charge >= 0.3 is 0 Å². The second-order valence-corrected chi connectivity index (χ2v) is 6.31. The van der Waals surface area contributed by atoms with Crippen LogP contribution in [0, 0.1) is 5.92 Å². The summed E-state index contributed by atoms with van der Waals surface area (Å²) in [5.74, 6) is 1.25. The molecule has 2 unspecified atom stereocenters. The van der Waals surface area contributed by atoms with E-state index in [1.807, 2.05) is 13.0 Å². The van der Waals surface area contributed by atoms with E-state index in [0.717, 1.165) is 0 Å². The molecule has 4 nitrogen and oxygen atoms in total. The number of hydrogen-bond acceptors (Lipinski definition) is 4. The zero-order chi connectivity index (χ0) is 10.9. The van der Waals surface area contributed by atoms with E-state index >= 15 is 0 Å². The molecular weight excluding hydrogens is 214 g/mol. The van der Waals surface area contributed by atoms with E-state index in [2.05, 4.69) is 5.32 Å². The van der Waals surface area contributed by atoms with E-state index < -0.39 is 9.84 Å². The van der Waals surface area contributed by atoms with Gasteiger partial charge in [0, 0.05) is 0 Å². The Hall–Kier alpha value is -0.810. The van der Waals surface area contributed by atoms with Gasteiger partial charge in [0.05, 0.1) is 23.8 Å². The summed E-state index contributed by atoms with van der Waals surface area (Å²) in [6.45, 7) is 2.65. The lowest BCUT2D eigenvalue weighted by Crippen LogP contribution is -2.25. The molecule has 2 rings (SSSR count). The molecule has 0 spiro atoms. The molecule has 84 valence electrons. The van der Waals surface area contributed by atoms with E-state index in [9.17, 15) is 8.42 Å². The first kappa shape index (κ1) is 10.7. The van der Waals surface area contributed by atoms with Crippen LogP contribution >= 0.6 is 0 Å². The lowest BCUT2D eigenvalue weighted by Gasteiger charge is -2.12. The van der Waals surface area contributed by atoms with Crippen molar-refractivity contribution in [3.05, 3.63) is 24.2 Å². The van der Waals surface area contributed by atoms with Gasteiger partial charge < -0.3 is 9.73 Å². The maximum atomic E-state index is 11.7. The summed E-state index contributed by atoms with van der Waals surface area (Å²) in [6, 6.07) is 3.39. The molecule has 2 heterocycles. The van der Waals surface area contributed by atoms with Crippen LogP contribution in [-0.4, -0.2) is 26.5 Å². The van der Waals surface area contributed by atoms with Gasteiger partial charge in [-0.05, 0) is 24.6 Å². The Morgan fingerprint density at radius 1 is 1.47 bits per heavy atom. The van der Waals surface area contributed by atoms with Crippen molar-refractivity contribution in [1.29, 1.82) is 0 Å². The molecule has 1 aliphatic heterocycles. The SMILES string of the molecule is CC1CNC(c2ccco2)CS(=O)(=O)C1. The smallest absolute Gasteiger partial charge is 0.152 e. The van der Waals surface area contributed by atoms with Crippen molar-refractivity contribution in [3.8, 4) is 0 Å². The van der Waals surface area contributed by atoms with Crippen molar-refractivity contribution in [3.63, 3.8) is 0 Å². The highest BCUT2D eigenvalue weighted by Gasteiger charge is 2.28. The third-order valence-corrected chi connectivity index (χ3v) is 4.48. The maximum Gasteiger partial charge on any atom is 0.152 e. The molecule has 1 N–H and O–H groups in total. The number of furan rings is 1. The Bertz CT molecular complexity index is 410. The second-order valence-electron chi connectivity index (χ2n) is 4.16. The van der Waals surface area contributed by atoms with Gasteiger partial charge in [-0.15, -0.1) is 0 Å². The van der Waals surface area contributed by atoms with Gasteiger partial charge in [-0.2, -0.15) is 0 Å². The van der Waals surface area contributed by atoms with Gasteiger partial charge in [-0.1, -0.05) is 6.92 Å². The minimum Gasteiger partial charge on any atom is -0.468 e. The van der Waals surface area contributed by atoms with Crippen LogP contribution in [0.3, 0.4) is 0 Å². The van der Waals surface area contributed by atoms with Crippen LogP contribution in [0.1, 0.15) is 18.7 Å². The van der Waals surface area contributed by atoms with E-state index in [1.54, 1.807) is 12.3 Å². The molecule has 1 fully saturated rings. The van der Waals surface area contributed by atoms with Gasteiger partial charge in [-0.25, -0.2) is 8.42 Å². The Morgan fingerprint density at radius 2 is 2.27 bits per heavy atom. The summed E-state index contributed by atoms with van der Waals surface area (Å²) in [5.41, 5.74) is 0. The van der Waals surface area contributed by atoms with E-state index in [1.165, 1.54) is 0 Å². The Balaban J connectivity index is 2.21. The number of hydrogen-bond donors (Lipinski definition) is 1. The first-order valence-corrected chi connectivity index (χ1v) is 6.86. The van der Waals surface area contributed by atoms with Crippen molar-refractivity contribution in [2.45, 2.75) is 13.0 Å². The second kappa shape index (κ2) is 3.98. The molecule has 1 aliphatic rings. The van der Waals surface area contributed by atoms with Gasteiger partial charge in [0.2, 0.25) is 0 Å². The number of sulfone groups is 1. The number of rotatable bonds is 1. The molecule has 1 aromatic rings. The topological polar surface area (TPSA) is 59.3 Å². The van der Waals surface area contributed by atoms with Crippen LogP contribution in [0.4, 0.5) is 0 Å². The highest BCUT2D eigenvalue weighted by molar-refractivity contribution is 7.91. The maximum absolute atomic E-state index is 11.7. The van der Waals surface area contributed by atoms with Crippen molar-refractivity contribution >= 4 is 9.84 Å². The Labute approximate surface area is 89.6 Å². The molecule has 0 saturated carbocycles. The van der Waals surface area contributed by atoms with Crippen molar-refractivity contribution in [2.24, 2.45) is 5.92 Å². The molecule has 15 heavy (non-hydrogen) atoms. The fraction of sp³-hybridized carbons (Fsp3) is 0.600. The normalized spacial score (nSPS) is 31.0. The summed E-state index contributed by atoms with van der Waals surface area (Å²) < 4.78 is 28.6. The molecule has 0 bridgehead atoms. The first-order valence-electron chi connectivity index (χ1n) is 5.04. The average Bonchev–Trinajstić information content (AvgIpc) is 2.59. The predicted molar refractivity (Wildman–Crippen MR) is 57.3 cm³/mol. The van der Waals surface area contributed by atoms with Gasteiger partial charge in [-0.3, -0.25) is 0 Å². The standard InChI is InChI=1S/C10H15NO3S/c1-8-5-11-9(7-15(12,13)6-8)10-3-2-4-14-10/h2-4,8-9,11H,5-7H2,1H3. The highest BCUT2D eigenvalue weighted by Crippen LogP contribution is 2.20.